The normalized spacial score (nSPS) is 12.4. The maximum atomic E-state index is 14.0. The molecular weight excluding hydrogens is 507 g/mol. The van der Waals surface area contributed by atoms with Gasteiger partial charge in [-0.1, -0.05) is 11.6 Å². The van der Waals surface area contributed by atoms with Gasteiger partial charge in [0.15, 0.2) is 11.9 Å². The molecule has 3 N–H and O–H groups in total. The average Bonchev–Trinajstić information content (AvgIpc) is 2.72. The number of nitrogens with zero attached hydrogens (tertiary/aromatic N) is 3. The van der Waals surface area contributed by atoms with Crippen LogP contribution in [0.5, 0.6) is 0 Å². The summed E-state index contributed by atoms with van der Waals surface area (Å²) in [7, 11) is 1.30. The van der Waals surface area contributed by atoms with Gasteiger partial charge < -0.3 is 20.2 Å². The lowest BCUT2D eigenvalue weighted by Crippen LogP contribution is -2.33. The van der Waals surface area contributed by atoms with E-state index in [9.17, 15) is 40.6 Å². The van der Waals surface area contributed by atoms with Gasteiger partial charge in [-0.25, -0.2) is 14.0 Å². The number of rotatable bonds is 6. The Balaban J connectivity index is 0.000000718. The second kappa shape index (κ2) is 11.3. The molecule has 0 radical (unpaired) electrons. The van der Waals surface area contributed by atoms with Crippen molar-refractivity contribution in [3.05, 3.63) is 40.7 Å². The highest BCUT2D eigenvalue weighted by Crippen LogP contribution is 2.28. The first-order valence-corrected chi connectivity index (χ1v) is 9.15. The Morgan fingerprint density at radius 1 is 1.09 bits per heavy atom. The molecule has 0 aliphatic rings. The molecule has 34 heavy (non-hydrogen) atoms. The first-order chi connectivity index (χ1) is 15.4. The highest BCUT2D eigenvalue weighted by molar-refractivity contribution is 6.30. The van der Waals surface area contributed by atoms with E-state index in [1.165, 1.54) is 19.2 Å². The summed E-state index contributed by atoms with van der Waals surface area (Å²) in [4.78, 5) is 21.5. The molecule has 1 aromatic heterocycles. The van der Waals surface area contributed by atoms with Gasteiger partial charge >= 0.3 is 24.3 Å². The van der Waals surface area contributed by atoms with Crippen LogP contribution in [0.15, 0.2) is 24.3 Å². The van der Waals surface area contributed by atoms with E-state index in [1.54, 1.807) is 0 Å². The second-order valence-corrected chi connectivity index (χ2v) is 6.90. The lowest BCUT2D eigenvalue weighted by Gasteiger charge is -2.22. The maximum Gasteiger partial charge on any atom is 0.490 e. The molecule has 0 amide bonds. The predicted molar refractivity (Wildman–Crippen MR) is 103 cm³/mol. The van der Waals surface area contributed by atoms with Crippen molar-refractivity contribution in [2.24, 2.45) is 0 Å². The minimum absolute atomic E-state index is 0.0702. The number of aliphatic carboxylic acids is 1. The summed E-state index contributed by atoms with van der Waals surface area (Å²) in [6, 6.07) is 4.68. The van der Waals surface area contributed by atoms with E-state index in [0.29, 0.717) is 0 Å². The number of carbonyl (C=O) groups is 2. The molecule has 1 aromatic carbocycles. The van der Waals surface area contributed by atoms with Gasteiger partial charge in [0.25, 0.3) is 0 Å². The second-order valence-electron chi connectivity index (χ2n) is 6.47. The van der Waals surface area contributed by atoms with Crippen LogP contribution in [0.3, 0.4) is 0 Å². The third kappa shape index (κ3) is 8.30. The van der Waals surface area contributed by atoms with Gasteiger partial charge in [-0.3, -0.25) is 0 Å². The number of halogens is 8. The van der Waals surface area contributed by atoms with Gasteiger partial charge in [-0.2, -0.15) is 26.3 Å². The SMILES string of the molecule is CN(CCC(O)C(F)(F)F)c1nnc(-c2cc(Cl)ccc2F)cc1C(=O)O.O=C(O)C(F)(F)F. The highest BCUT2D eigenvalue weighted by Gasteiger charge is 2.38. The number of alkyl halides is 6. The first kappa shape index (κ1) is 28.8. The molecule has 16 heteroatoms. The molecule has 1 heterocycles. The van der Waals surface area contributed by atoms with Crippen LogP contribution in [0.2, 0.25) is 5.02 Å². The quantitative estimate of drug-likeness (QED) is 0.487. The van der Waals surface area contributed by atoms with E-state index in [-0.39, 0.29) is 34.2 Å². The van der Waals surface area contributed by atoms with Crippen molar-refractivity contribution in [2.45, 2.75) is 24.9 Å². The van der Waals surface area contributed by atoms with Crippen molar-refractivity contribution >= 4 is 29.4 Å². The number of benzene rings is 1. The van der Waals surface area contributed by atoms with E-state index in [4.69, 9.17) is 26.6 Å². The van der Waals surface area contributed by atoms with Gasteiger partial charge in [-0.15, -0.1) is 10.2 Å². The molecule has 0 spiro atoms. The molecule has 2 aromatic rings. The topological polar surface area (TPSA) is 124 Å². The van der Waals surface area contributed by atoms with E-state index < -0.39 is 42.6 Å². The number of hydrogen-bond donors (Lipinski definition) is 3. The Bertz CT molecular complexity index is 1030. The van der Waals surface area contributed by atoms with Crippen molar-refractivity contribution in [1.29, 1.82) is 0 Å². The summed E-state index contributed by atoms with van der Waals surface area (Å²) < 4.78 is 82.8. The molecule has 8 nitrogen and oxygen atoms in total. The van der Waals surface area contributed by atoms with Gasteiger partial charge in [0.2, 0.25) is 0 Å². The Hall–Kier alpha value is -3.20. The van der Waals surface area contributed by atoms with Crippen LogP contribution in [0.1, 0.15) is 16.8 Å². The third-order valence-corrected chi connectivity index (χ3v) is 4.16. The van der Waals surface area contributed by atoms with Crippen LogP contribution in [0, 0.1) is 5.82 Å². The van der Waals surface area contributed by atoms with Crippen molar-refractivity contribution in [1.82, 2.24) is 10.2 Å². The van der Waals surface area contributed by atoms with Crippen LogP contribution >= 0.6 is 11.6 Å². The summed E-state index contributed by atoms with van der Waals surface area (Å²) >= 11 is 5.80. The smallest absolute Gasteiger partial charge is 0.478 e. The number of aromatic carboxylic acids is 1. The lowest BCUT2D eigenvalue weighted by molar-refractivity contribution is -0.204. The fourth-order valence-electron chi connectivity index (χ4n) is 2.24. The number of carboxylic acid groups (broad SMARTS) is 2. The van der Waals surface area contributed by atoms with Crippen molar-refractivity contribution in [2.75, 3.05) is 18.5 Å². The molecule has 0 bridgehead atoms. The molecule has 0 aliphatic heterocycles. The molecule has 1 atom stereocenters. The fourth-order valence-corrected chi connectivity index (χ4v) is 2.41. The first-order valence-electron chi connectivity index (χ1n) is 8.77. The molecule has 188 valence electrons. The molecule has 0 aliphatic carbocycles. The van der Waals surface area contributed by atoms with Crippen LogP contribution in [-0.2, 0) is 4.79 Å². The molecule has 2 rings (SSSR count). The molecule has 0 saturated carbocycles. The lowest BCUT2D eigenvalue weighted by atomic mass is 10.1. The molecule has 0 saturated heterocycles. The standard InChI is InChI=1S/C16H14ClF4N3O3.C2HF3O2/c1-24(5-4-13(25)16(19,20)21)14-10(15(26)27)7-12(22-23-14)9-6-8(17)2-3-11(9)18;3-2(4,5)1(6)7/h2-3,6-7,13,25H,4-5H2,1H3,(H,26,27);(H,6,7). The Labute approximate surface area is 191 Å². The summed E-state index contributed by atoms with van der Waals surface area (Å²) in [5, 5.41) is 33.2. The van der Waals surface area contributed by atoms with Crippen LogP contribution in [-0.4, -0.2) is 69.5 Å². The van der Waals surface area contributed by atoms with Crippen molar-refractivity contribution < 1.29 is 55.6 Å². The van der Waals surface area contributed by atoms with Gasteiger partial charge in [0.05, 0.1) is 5.69 Å². The predicted octanol–water partition coefficient (Wildman–Crippen LogP) is 4.02. The van der Waals surface area contributed by atoms with E-state index in [1.807, 2.05) is 0 Å². The van der Waals surface area contributed by atoms with Gasteiger partial charge in [0.1, 0.15) is 11.4 Å². The highest BCUT2D eigenvalue weighted by atomic mass is 35.5. The van der Waals surface area contributed by atoms with E-state index in [2.05, 4.69) is 10.2 Å². The summed E-state index contributed by atoms with van der Waals surface area (Å²) in [5.74, 6) is -5.10. The molecule has 1 unspecified atom stereocenters. The maximum absolute atomic E-state index is 14.0. The molecule has 0 fully saturated rings. The number of carboxylic acids is 2. The largest absolute Gasteiger partial charge is 0.490 e. The Morgan fingerprint density at radius 3 is 2.12 bits per heavy atom. The summed E-state index contributed by atoms with van der Waals surface area (Å²) in [6.07, 6.45) is -13.1. The number of aromatic nitrogens is 2. The number of hydrogen-bond acceptors (Lipinski definition) is 6. The van der Waals surface area contributed by atoms with Crippen LogP contribution < -0.4 is 4.90 Å². The van der Waals surface area contributed by atoms with Gasteiger partial charge in [-0.05, 0) is 30.7 Å². The van der Waals surface area contributed by atoms with Gasteiger partial charge in [0, 0.05) is 24.2 Å². The average molecular weight is 522 g/mol. The minimum atomic E-state index is -5.08. The summed E-state index contributed by atoms with van der Waals surface area (Å²) in [6.45, 7) is -0.333. The monoisotopic (exact) mass is 521 g/mol. The third-order valence-electron chi connectivity index (χ3n) is 3.93. The Kier molecular flexibility index (Phi) is 9.57. The zero-order valence-corrected chi connectivity index (χ0v) is 17.6. The van der Waals surface area contributed by atoms with Crippen LogP contribution in [0.4, 0.5) is 36.6 Å². The number of aliphatic hydroxyl groups excluding tert-OH is 1. The molecular formula is C18H15ClF7N3O5. The zero-order valence-electron chi connectivity index (χ0n) is 16.8. The minimum Gasteiger partial charge on any atom is -0.478 e. The Morgan fingerprint density at radius 2 is 1.65 bits per heavy atom. The number of aliphatic hydroxyl groups is 1. The zero-order chi connectivity index (χ0) is 26.4. The van der Waals surface area contributed by atoms with Crippen molar-refractivity contribution in [3.63, 3.8) is 0 Å². The van der Waals surface area contributed by atoms with E-state index >= 15 is 0 Å². The van der Waals surface area contributed by atoms with Crippen LogP contribution in [0.25, 0.3) is 11.3 Å². The van der Waals surface area contributed by atoms with Crippen molar-refractivity contribution in [3.8, 4) is 11.3 Å². The number of anilines is 1. The fraction of sp³-hybridized carbons (Fsp3) is 0.333. The summed E-state index contributed by atoms with van der Waals surface area (Å²) in [5.41, 5.74) is -0.553. The van der Waals surface area contributed by atoms with E-state index in [0.717, 1.165) is 17.0 Å².